The molecule has 0 radical (unpaired) electrons. The molecule has 0 spiro atoms. The van der Waals surface area contributed by atoms with Gasteiger partial charge in [-0.2, -0.15) is 0 Å². The maximum absolute atomic E-state index is 10.6. The largest absolute Gasteiger partial charge is 0.494 e. The van der Waals surface area contributed by atoms with Gasteiger partial charge >= 0.3 is 0 Å². The minimum absolute atomic E-state index is 0.140. The average Bonchev–Trinajstić information content (AvgIpc) is 2.38. The van der Waals surface area contributed by atoms with Crippen LogP contribution in [0.5, 0.6) is 5.75 Å². The van der Waals surface area contributed by atoms with Gasteiger partial charge in [-0.15, -0.1) is 0 Å². The number of nitro benzene ring substituents is 1. The number of aliphatic hydroxyl groups is 1. The van der Waals surface area contributed by atoms with Crippen molar-refractivity contribution in [2.24, 2.45) is 5.11 Å². The summed E-state index contributed by atoms with van der Waals surface area (Å²) in [7, 11) is 0. The summed E-state index contributed by atoms with van der Waals surface area (Å²) in [5, 5.41) is 23.0. The average molecular weight is 252 g/mol. The van der Waals surface area contributed by atoms with Crippen molar-refractivity contribution in [1.29, 1.82) is 0 Å². The SMILES string of the molecule is [N-]=[N+]=NCCCOc1ccc([N+](=O)[O-])c(CO)c1. The summed E-state index contributed by atoms with van der Waals surface area (Å²) in [6.45, 7) is 0.240. The zero-order chi connectivity index (χ0) is 13.4. The van der Waals surface area contributed by atoms with Crippen molar-refractivity contribution < 1.29 is 14.8 Å². The molecule has 96 valence electrons. The van der Waals surface area contributed by atoms with Gasteiger partial charge in [0.05, 0.1) is 23.7 Å². The zero-order valence-corrected chi connectivity index (χ0v) is 9.52. The molecule has 0 fully saturated rings. The third-order valence-corrected chi connectivity index (χ3v) is 2.15. The number of azide groups is 1. The number of benzene rings is 1. The summed E-state index contributed by atoms with van der Waals surface area (Å²) in [6.07, 6.45) is 0.551. The summed E-state index contributed by atoms with van der Waals surface area (Å²) < 4.78 is 5.31. The highest BCUT2D eigenvalue weighted by Gasteiger charge is 2.13. The molecule has 0 aliphatic rings. The van der Waals surface area contributed by atoms with Gasteiger partial charge in [-0.3, -0.25) is 10.1 Å². The van der Waals surface area contributed by atoms with Crippen LogP contribution >= 0.6 is 0 Å². The molecule has 1 N–H and O–H groups in total. The Hall–Kier alpha value is -2.31. The number of aliphatic hydroxyl groups excluding tert-OH is 1. The Morgan fingerprint density at radius 1 is 1.56 bits per heavy atom. The normalized spacial score (nSPS) is 9.61. The highest BCUT2D eigenvalue weighted by molar-refractivity contribution is 5.44. The lowest BCUT2D eigenvalue weighted by Crippen LogP contribution is -2.01. The minimum atomic E-state index is -0.559. The van der Waals surface area contributed by atoms with E-state index in [4.69, 9.17) is 15.4 Å². The highest BCUT2D eigenvalue weighted by Crippen LogP contribution is 2.24. The lowest BCUT2D eigenvalue weighted by molar-refractivity contribution is -0.385. The van der Waals surface area contributed by atoms with Crippen LogP contribution in [0.4, 0.5) is 5.69 Å². The molecule has 0 unspecified atom stereocenters. The molecule has 0 atom stereocenters. The number of ether oxygens (including phenoxy) is 1. The van der Waals surface area contributed by atoms with Gasteiger partial charge in [0.15, 0.2) is 0 Å². The second-order valence-electron chi connectivity index (χ2n) is 3.36. The quantitative estimate of drug-likeness (QED) is 0.199. The smallest absolute Gasteiger partial charge is 0.275 e. The molecule has 0 bridgehead atoms. The van der Waals surface area contributed by atoms with Crippen LogP contribution in [-0.2, 0) is 6.61 Å². The predicted molar refractivity (Wildman–Crippen MR) is 63.1 cm³/mol. The van der Waals surface area contributed by atoms with E-state index in [1.54, 1.807) is 0 Å². The highest BCUT2D eigenvalue weighted by atomic mass is 16.6. The first-order valence-corrected chi connectivity index (χ1v) is 5.21. The van der Waals surface area contributed by atoms with E-state index in [0.717, 1.165) is 0 Å². The van der Waals surface area contributed by atoms with Crippen LogP contribution in [0.2, 0.25) is 0 Å². The number of nitro groups is 1. The second-order valence-corrected chi connectivity index (χ2v) is 3.36. The first-order chi connectivity index (χ1) is 8.69. The molecule has 0 aliphatic heterocycles. The fraction of sp³-hybridized carbons (Fsp3) is 0.400. The zero-order valence-electron chi connectivity index (χ0n) is 9.52. The Bertz CT molecular complexity index is 471. The maximum Gasteiger partial charge on any atom is 0.275 e. The van der Waals surface area contributed by atoms with E-state index in [1.807, 2.05) is 0 Å². The van der Waals surface area contributed by atoms with E-state index in [2.05, 4.69) is 10.0 Å². The van der Waals surface area contributed by atoms with E-state index >= 15 is 0 Å². The van der Waals surface area contributed by atoms with Crippen molar-refractivity contribution in [3.8, 4) is 5.75 Å². The van der Waals surface area contributed by atoms with E-state index in [0.29, 0.717) is 25.3 Å². The molecule has 8 nitrogen and oxygen atoms in total. The summed E-state index contributed by atoms with van der Waals surface area (Å²) in [5.41, 5.74) is 8.12. The maximum atomic E-state index is 10.6. The minimum Gasteiger partial charge on any atom is -0.494 e. The van der Waals surface area contributed by atoms with Crippen molar-refractivity contribution in [1.82, 2.24) is 0 Å². The second kappa shape index (κ2) is 7.10. The third kappa shape index (κ3) is 3.93. The Kier molecular flexibility index (Phi) is 5.43. The molecular weight excluding hydrogens is 240 g/mol. The van der Waals surface area contributed by atoms with Crippen LogP contribution in [0.1, 0.15) is 12.0 Å². The van der Waals surface area contributed by atoms with Gasteiger partial charge in [-0.1, -0.05) is 5.11 Å². The predicted octanol–water partition coefficient (Wildman–Crippen LogP) is 2.17. The molecule has 1 aromatic carbocycles. The van der Waals surface area contributed by atoms with Gasteiger partial charge in [-0.25, -0.2) is 0 Å². The lowest BCUT2D eigenvalue weighted by atomic mass is 10.2. The molecule has 0 amide bonds. The van der Waals surface area contributed by atoms with Crippen molar-refractivity contribution in [2.45, 2.75) is 13.0 Å². The van der Waals surface area contributed by atoms with Gasteiger partial charge in [-0.05, 0) is 24.1 Å². The standard InChI is InChI=1S/C10H12N4O4/c11-13-12-4-1-5-18-9-2-3-10(14(16)17)8(6-9)7-15/h2-3,6,15H,1,4-5,7H2. The first kappa shape index (κ1) is 13.8. The van der Waals surface area contributed by atoms with Gasteiger partial charge < -0.3 is 9.84 Å². The summed E-state index contributed by atoms with van der Waals surface area (Å²) in [4.78, 5) is 12.7. The molecule has 18 heavy (non-hydrogen) atoms. The van der Waals surface area contributed by atoms with Gasteiger partial charge in [0.2, 0.25) is 0 Å². The lowest BCUT2D eigenvalue weighted by Gasteiger charge is -2.06. The molecule has 1 aromatic rings. The summed E-state index contributed by atoms with van der Waals surface area (Å²) >= 11 is 0. The molecule has 0 heterocycles. The van der Waals surface area contributed by atoms with Gasteiger partial charge in [0.1, 0.15) is 5.75 Å². The first-order valence-electron chi connectivity index (χ1n) is 5.21. The molecule has 0 saturated heterocycles. The fourth-order valence-electron chi connectivity index (χ4n) is 1.33. The van der Waals surface area contributed by atoms with Gasteiger partial charge in [0.25, 0.3) is 5.69 Å². The number of hydrogen-bond donors (Lipinski definition) is 1. The van der Waals surface area contributed by atoms with E-state index in [-0.39, 0.29) is 11.3 Å². The Labute approximate surface area is 103 Å². The van der Waals surface area contributed by atoms with Crippen LogP contribution in [0.25, 0.3) is 10.4 Å². The van der Waals surface area contributed by atoms with Gasteiger partial charge in [0, 0.05) is 17.5 Å². The Morgan fingerprint density at radius 2 is 2.33 bits per heavy atom. The van der Waals surface area contributed by atoms with E-state index in [9.17, 15) is 10.1 Å². The monoisotopic (exact) mass is 252 g/mol. The summed E-state index contributed by atoms with van der Waals surface area (Å²) in [6, 6.07) is 4.17. The van der Waals surface area contributed by atoms with Crippen molar-refractivity contribution in [3.63, 3.8) is 0 Å². The molecule has 0 aromatic heterocycles. The topological polar surface area (TPSA) is 121 Å². The van der Waals surface area contributed by atoms with E-state index in [1.165, 1.54) is 18.2 Å². The van der Waals surface area contributed by atoms with Crippen molar-refractivity contribution >= 4 is 5.69 Å². The number of rotatable bonds is 7. The van der Waals surface area contributed by atoms with Crippen LogP contribution < -0.4 is 4.74 Å². The van der Waals surface area contributed by atoms with Crippen LogP contribution in [0.15, 0.2) is 23.3 Å². The molecule has 0 aliphatic carbocycles. The molecule has 1 rings (SSSR count). The van der Waals surface area contributed by atoms with Crippen LogP contribution in [-0.4, -0.2) is 23.2 Å². The van der Waals surface area contributed by atoms with Crippen LogP contribution in [0.3, 0.4) is 0 Å². The fourth-order valence-corrected chi connectivity index (χ4v) is 1.33. The van der Waals surface area contributed by atoms with Crippen molar-refractivity contribution in [2.75, 3.05) is 13.2 Å². The molecular formula is C10H12N4O4. The number of nitrogens with zero attached hydrogens (tertiary/aromatic N) is 4. The van der Waals surface area contributed by atoms with Crippen LogP contribution in [0, 0.1) is 10.1 Å². The molecule has 0 saturated carbocycles. The third-order valence-electron chi connectivity index (χ3n) is 2.15. The Morgan fingerprint density at radius 3 is 2.94 bits per heavy atom. The Balaban J connectivity index is 2.62. The van der Waals surface area contributed by atoms with E-state index < -0.39 is 11.5 Å². The molecule has 8 heteroatoms. The summed E-state index contributed by atoms with van der Waals surface area (Å²) in [5.74, 6) is 0.436. The number of hydrogen-bond acceptors (Lipinski definition) is 5. The van der Waals surface area contributed by atoms with Crippen molar-refractivity contribution in [3.05, 3.63) is 44.3 Å².